The van der Waals surface area contributed by atoms with Crippen molar-refractivity contribution < 1.29 is 14.3 Å². The Balaban J connectivity index is 1.66. The third-order valence-corrected chi connectivity index (χ3v) is 4.08. The quantitative estimate of drug-likeness (QED) is 0.867. The maximum atomic E-state index is 12.5. The van der Waals surface area contributed by atoms with Crippen molar-refractivity contribution in [2.24, 2.45) is 0 Å². The largest absolute Gasteiger partial charge is 0.470 e. The van der Waals surface area contributed by atoms with E-state index in [1.165, 1.54) is 4.90 Å². The number of piperidine rings is 1. The first-order valence-electron chi connectivity index (χ1n) is 8.05. The first-order valence-corrected chi connectivity index (χ1v) is 8.05. The molecule has 24 heavy (non-hydrogen) atoms. The summed E-state index contributed by atoms with van der Waals surface area (Å²) < 4.78 is 5.99. The molecule has 4 amide bonds. The average Bonchev–Trinajstić information content (AvgIpc) is 3.01. The molecule has 0 radical (unpaired) electrons. The van der Waals surface area contributed by atoms with Crippen LogP contribution in [-0.4, -0.2) is 78.2 Å². The highest BCUT2D eigenvalue weighted by atomic mass is 16.5. The van der Waals surface area contributed by atoms with Gasteiger partial charge in [0.1, 0.15) is 6.10 Å². The zero-order chi connectivity index (χ0) is 17.1. The number of hydrogen-bond acceptors (Lipinski definition) is 6. The number of hydrogen-bond donors (Lipinski definition) is 1. The van der Waals surface area contributed by atoms with Crippen LogP contribution in [0.3, 0.4) is 0 Å². The molecule has 0 aliphatic carbocycles. The van der Waals surface area contributed by atoms with E-state index in [0.717, 1.165) is 12.8 Å². The van der Waals surface area contributed by atoms with Gasteiger partial charge in [-0.1, -0.05) is 0 Å². The molecule has 3 heterocycles. The van der Waals surface area contributed by atoms with E-state index in [4.69, 9.17) is 4.74 Å². The highest BCUT2D eigenvalue weighted by Gasteiger charge is 2.33. The predicted octanol–water partition coefficient (Wildman–Crippen LogP) is 0.531. The average molecular weight is 334 g/mol. The Hall–Kier alpha value is -2.58. The highest BCUT2D eigenvalue weighted by molar-refractivity contribution is 5.95. The van der Waals surface area contributed by atoms with Crippen LogP contribution in [0.2, 0.25) is 0 Å². The van der Waals surface area contributed by atoms with Crippen LogP contribution in [0.5, 0.6) is 5.88 Å². The van der Waals surface area contributed by atoms with Crippen molar-refractivity contribution in [2.75, 3.05) is 45.2 Å². The van der Waals surface area contributed by atoms with E-state index < -0.39 is 0 Å². The Morgan fingerprint density at radius 1 is 1.33 bits per heavy atom. The van der Waals surface area contributed by atoms with E-state index >= 15 is 0 Å². The molecule has 9 heteroatoms. The molecule has 2 aliphatic heterocycles. The molecule has 130 valence electrons. The summed E-state index contributed by atoms with van der Waals surface area (Å²) >= 11 is 0. The molecule has 2 aliphatic rings. The lowest BCUT2D eigenvalue weighted by molar-refractivity contribution is 0.0883. The second-order valence-electron chi connectivity index (χ2n) is 6.07. The Morgan fingerprint density at radius 3 is 2.83 bits per heavy atom. The first-order chi connectivity index (χ1) is 11.6. The summed E-state index contributed by atoms with van der Waals surface area (Å²) in [6.45, 7) is 1.98. The minimum Gasteiger partial charge on any atom is -0.470 e. The Labute approximate surface area is 140 Å². The smallest absolute Gasteiger partial charge is 0.328 e. The molecule has 1 unspecified atom stereocenters. The lowest BCUT2D eigenvalue weighted by atomic mass is 10.1. The van der Waals surface area contributed by atoms with Gasteiger partial charge in [-0.25, -0.2) is 24.5 Å². The Kier molecular flexibility index (Phi) is 4.68. The molecule has 1 atom stereocenters. The van der Waals surface area contributed by atoms with Crippen molar-refractivity contribution in [3.63, 3.8) is 0 Å². The van der Waals surface area contributed by atoms with Gasteiger partial charge in [0.25, 0.3) is 5.88 Å². The minimum atomic E-state index is -0.327. The predicted molar refractivity (Wildman–Crippen MR) is 87.1 cm³/mol. The second-order valence-corrected chi connectivity index (χ2v) is 6.07. The summed E-state index contributed by atoms with van der Waals surface area (Å²) in [5, 5.41) is 2.65. The van der Waals surface area contributed by atoms with Gasteiger partial charge in [0, 0.05) is 46.1 Å². The number of nitrogens with one attached hydrogen (secondary N) is 1. The molecule has 1 aromatic rings. The van der Waals surface area contributed by atoms with Gasteiger partial charge in [-0.3, -0.25) is 0 Å². The van der Waals surface area contributed by atoms with Gasteiger partial charge in [-0.05, 0) is 12.8 Å². The van der Waals surface area contributed by atoms with E-state index in [2.05, 4.69) is 15.3 Å². The van der Waals surface area contributed by atoms with Crippen molar-refractivity contribution in [2.45, 2.75) is 18.9 Å². The normalized spacial score (nSPS) is 20.8. The lowest BCUT2D eigenvalue weighted by Gasteiger charge is -2.34. The molecular weight excluding hydrogens is 312 g/mol. The topological polar surface area (TPSA) is 90.9 Å². The number of ether oxygens (including phenoxy) is 1. The number of aromatic nitrogens is 2. The molecule has 0 aromatic carbocycles. The zero-order valence-corrected chi connectivity index (χ0v) is 13.9. The molecule has 1 aromatic heterocycles. The summed E-state index contributed by atoms with van der Waals surface area (Å²) in [5.74, 6) is 1.11. The van der Waals surface area contributed by atoms with Crippen molar-refractivity contribution >= 4 is 17.9 Å². The van der Waals surface area contributed by atoms with E-state index in [1.54, 1.807) is 17.3 Å². The van der Waals surface area contributed by atoms with Crippen molar-refractivity contribution in [1.29, 1.82) is 0 Å². The lowest BCUT2D eigenvalue weighted by Crippen LogP contribution is -2.51. The van der Waals surface area contributed by atoms with Crippen LogP contribution in [0.4, 0.5) is 15.4 Å². The molecule has 1 N–H and O–H groups in total. The van der Waals surface area contributed by atoms with E-state index in [1.807, 2.05) is 19.0 Å². The SMILES string of the molecule is CN(C)c1nccnc1OC1CCCN(C(=O)N2CCNC2=O)C1. The highest BCUT2D eigenvalue weighted by Crippen LogP contribution is 2.24. The van der Waals surface area contributed by atoms with Gasteiger partial charge >= 0.3 is 12.1 Å². The number of amides is 4. The molecule has 2 saturated heterocycles. The number of rotatable bonds is 3. The molecule has 9 nitrogen and oxygen atoms in total. The Bertz CT molecular complexity index is 623. The van der Waals surface area contributed by atoms with Crippen LogP contribution in [0.1, 0.15) is 12.8 Å². The summed E-state index contributed by atoms with van der Waals surface area (Å²) in [7, 11) is 3.75. The number of likely N-dealkylation sites (tertiary alicyclic amines) is 1. The summed E-state index contributed by atoms with van der Waals surface area (Å²) in [4.78, 5) is 37.4. The standard InChI is InChI=1S/C15H22N6O3/c1-19(2)12-13(17-6-5-16-12)24-11-4-3-8-20(10-11)15(23)21-9-7-18-14(21)22/h5-6,11H,3-4,7-10H2,1-2H3,(H,18,22). The number of anilines is 1. The summed E-state index contributed by atoms with van der Waals surface area (Å²) in [6, 6.07) is -0.586. The molecule has 0 bridgehead atoms. The molecule has 2 fully saturated rings. The van der Waals surface area contributed by atoms with Crippen LogP contribution in [0.15, 0.2) is 12.4 Å². The number of urea groups is 2. The summed E-state index contributed by atoms with van der Waals surface area (Å²) in [6.07, 6.45) is 4.69. The summed E-state index contributed by atoms with van der Waals surface area (Å²) in [5.41, 5.74) is 0. The fourth-order valence-electron chi connectivity index (χ4n) is 2.90. The third kappa shape index (κ3) is 3.34. The van der Waals surface area contributed by atoms with Gasteiger partial charge in [-0.2, -0.15) is 0 Å². The number of carbonyl (C=O) groups is 2. The third-order valence-electron chi connectivity index (χ3n) is 4.08. The zero-order valence-electron chi connectivity index (χ0n) is 13.9. The number of carbonyl (C=O) groups excluding carboxylic acids is 2. The fourth-order valence-corrected chi connectivity index (χ4v) is 2.90. The number of imide groups is 1. The van der Waals surface area contributed by atoms with Gasteiger partial charge in [0.15, 0.2) is 5.82 Å². The van der Waals surface area contributed by atoms with Gasteiger partial charge < -0.3 is 19.9 Å². The van der Waals surface area contributed by atoms with Gasteiger partial charge in [-0.15, -0.1) is 0 Å². The Morgan fingerprint density at radius 2 is 2.12 bits per heavy atom. The second kappa shape index (κ2) is 6.90. The van der Waals surface area contributed by atoms with Crippen LogP contribution in [0, 0.1) is 0 Å². The van der Waals surface area contributed by atoms with Crippen molar-refractivity contribution in [1.82, 2.24) is 25.1 Å². The molecular formula is C15H22N6O3. The van der Waals surface area contributed by atoms with Crippen molar-refractivity contribution in [3.8, 4) is 5.88 Å². The van der Waals surface area contributed by atoms with E-state index in [-0.39, 0.29) is 18.2 Å². The first kappa shape index (κ1) is 16.3. The van der Waals surface area contributed by atoms with E-state index in [9.17, 15) is 9.59 Å². The molecule has 3 rings (SSSR count). The van der Waals surface area contributed by atoms with Crippen LogP contribution >= 0.6 is 0 Å². The monoisotopic (exact) mass is 334 g/mol. The van der Waals surface area contributed by atoms with E-state index in [0.29, 0.717) is 37.9 Å². The molecule has 0 spiro atoms. The molecule has 0 saturated carbocycles. The van der Waals surface area contributed by atoms with Gasteiger partial charge in [0.2, 0.25) is 0 Å². The van der Waals surface area contributed by atoms with Gasteiger partial charge in [0.05, 0.1) is 6.54 Å². The van der Waals surface area contributed by atoms with Crippen LogP contribution in [0.25, 0.3) is 0 Å². The maximum Gasteiger partial charge on any atom is 0.328 e. The van der Waals surface area contributed by atoms with Crippen LogP contribution in [-0.2, 0) is 0 Å². The van der Waals surface area contributed by atoms with Crippen molar-refractivity contribution in [3.05, 3.63) is 12.4 Å². The number of nitrogens with zero attached hydrogens (tertiary/aromatic N) is 5. The van der Waals surface area contributed by atoms with Crippen LogP contribution < -0.4 is 15.0 Å². The maximum absolute atomic E-state index is 12.5. The minimum absolute atomic E-state index is 0.163. The fraction of sp³-hybridized carbons (Fsp3) is 0.600.